The van der Waals surface area contributed by atoms with Gasteiger partial charge < -0.3 is 14.7 Å². The summed E-state index contributed by atoms with van der Waals surface area (Å²) >= 11 is 0. The molecular weight excluding hydrogens is 262 g/mol. The summed E-state index contributed by atoms with van der Waals surface area (Å²) in [5, 5.41) is 13.7. The molecule has 0 aliphatic rings. The first kappa shape index (κ1) is 12.2. The van der Waals surface area contributed by atoms with Gasteiger partial charge in [0.2, 0.25) is 0 Å². The first-order valence-electron chi connectivity index (χ1n) is 5.98. The highest BCUT2D eigenvalue weighted by atomic mass is 16.6. The lowest BCUT2D eigenvalue weighted by atomic mass is 10.3. The van der Waals surface area contributed by atoms with Crippen molar-refractivity contribution in [3.8, 4) is 0 Å². The Balaban J connectivity index is 1.70. The van der Waals surface area contributed by atoms with Crippen molar-refractivity contribution in [2.45, 2.75) is 6.42 Å². The van der Waals surface area contributed by atoms with Gasteiger partial charge in [-0.25, -0.2) is 4.98 Å². The maximum absolute atomic E-state index is 10.7. The Kier molecular flexibility index (Phi) is 3.04. The molecule has 0 amide bonds. The molecule has 2 aromatic heterocycles. The quantitative estimate of drug-likeness (QED) is 0.544. The van der Waals surface area contributed by atoms with Crippen LogP contribution in [0.5, 0.6) is 0 Å². The van der Waals surface area contributed by atoms with Crippen molar-refractivity contribution in [3.05, 3.63) is 46.5 Å². The first-order chi connectivity index (χ1) is 9.72. The van der Waals surface area contributed by atoms with E-state index < -0.39 is 4.92 Å². The Morgan fingerprint density at radius 1 is 1.45 bits per heavy atom. The SMILES string of the molecule is O=[N+]([O-])c1ccc2nc(NCCc3cnc[nH]3)oc2c1. The number of aromatic amines is 1. The molecule has 0 saturated heterocycles. The molecule has 0 aliphatic heterocycles. The number of oxazole rings is 1. The van der Waals surface area contributed by atoms with Gasteiger partial charge in [-0.3, -0.25) is 10.1 Å². The molecule has 20 heavy (non-hydrogen) atoms. The lowest BCUT2D eigenvalue weighted by Gasteiger charge is -1.98. The highest BCUT2D eigenvalue weighted by molar-refractivity contribution is 5.77. The highest BCUT2D eigenvalue weighted by Gasteiger charge is 2.11. The molecule has 0 aliphatic carbocycles. The average molecular weight is 273 g/mol. The summed E-state index contributed by atoms with van der Waals surface area (Å²) in [5.74, 6) is 0. The van der Waals surface area contributed by atoms with Gasteiger partial charge in [-0.2, -0.15) is 4.98 Å². The number of nitro benzene ring substituents is 1. The number of benzene rings is 1. The summed E-state index contributed by atoms with van der Waals surface area (Å²) in [4.78, 5) is 21.3. The van der Waals surface area contributed by atoms with Crippen LogP contribution in [0, 0.1) is 10.1 Å². The van der Waals surface area contributed by atoms with E-state index in [2.05, 4.69) is 20.3 Å². The van der Waals surface area contributed by atoms with Crippen LogP contribution in [0.3, 0.4) is 0 Å². The van der Waals surface area contributed by atoms with E-state index in [1.807, 2.05) is 0 Å². The number of hydrogen-bond donors (Lipinski definition) is 2. The van der Waals surface area contributed by atoms with Gasteiger partial charge in [-0.05, 0) is 6.07 Å². The Hall–Kier alpha value is -2.90. The van der Waals surface area contributed by atoms with E-state index in [-0.39, 0.29) is 5.69 Å². The van der Waals surface area contributed by atoms with Gasteiger partial charge in [0.25, 0.3) is 11.7 Å². The van der Waals surface area contributed by atoms with Crippen molar-refractivity contribution in [2.24, 2.45) is 0 Å². The lowest BCUT2D eigenvalue weighted by Crippen LogP contribution is -2.04. The van der Waals surface area contributed by atoms with Crippen molar-refractivity contribution >= 4 is 22.8 Å². The fourth-order valence-corrected chi connectivity index (χ4v) is 1.83. The second-order valence-corrected chi connectivity index (χ2v) is 4.18. The van der Waals surface area contributed by atoms with Crippen LogP contribution in [-0.2, 0) is 6.42 Å². The molecule has 0 radical (unpaired) electrons. The molecule has 2 N–H and O–H groups in total. The van der Waals surface area contributed by atoms with Gasteiger partial charge in [0.15, 0.2) is 5.58 Å². The van der Waals surface area contributed by atoms with E-state index in [0.717, 1.165) is 12.1 Å². The van der Waals surface area contributed by atoms with E-state index in [0.29, 0.717) is 23.7 Å². The number of rotatable bonds is 5. The second kappa shape index (κ2) is 5.00. The zero-order valence-corrected chi connectivity index (χ0v) is 10.4. The molecule has 102 valence electrons. The van der Waals surface area contributed by atoms with E-state index >= 15 is 0 Å². The number of H-pyrrole nitrogens is 1. The van der Waals surface area contributed by atoms with Gasteiger partial charge in [0, 0.05) is 30.9 Å². The average Bonchev–Trinajstić information content (AvgIpc) is 3.06. The summed E-state index contributed by atoms with van der Waals surface area (Å²) < 4.78 is 5.43. The fourth-order valence-electron chi connectivity index (χ4n) is 1.83. The number of anilines is 1. The third-order valence-electron chi connectivity index (χ3n) is 2.81. The minimum atomic E-state index is -0.465. The monoisotopic (exact) mass is 273 g/mol. The molecule has 0 saturated carbocycles. The van der Waals surface area contributed by atoms with Gasteiger partial charge >= 0.3 is 0 Å². The van der Waals surface area contributed by atoms with Crippen LogP contribution < -0.4 is 5.32 Å². The van der Waals surface area contributed by atoms with Crippen molar-refractivity contribution in [1.29, 1.82) is 0 Å². The zero-order valence-electron chi connectivity index (χ0n) is 10.4. The minimum absolute atomic E-state index is 0.0161. The normalized spacial score (nSPS) is 10.8. The van der Waals surface area contributed by atoms with Crippen LogP contribution in [0.4, 0.5) is 11.7 Å². The number of nitrogens with one attached hydrogen (secondary N) is 2. The van der Waals surface area contributed by atoms with Crippen molar-refractivity contribution in [1.82, 2.24) is 15.0 Å². The van der Waals surface area contributed by atoms with Gasteiger partial charge in [0.1, 0.15) is 5.52 Å². The number of imidazole rings is 1. The summed E-state index contributed by atoms with van der Waals surface area (Å²) in [6, 6.07) is 4.68. The zero-order chi connectivity index (χ0) is 13.9. The minimum Gasteiger partial charge on any atom is -0.423 e. The van der Waals surface area contributed by atoms with Gasteiger partial charge in [0.05, 0.1) is 17.3 Å². The largest absolute Gasteiger partial charge is 0.423 e. The Bertz CT molecular complexity index is 735. The van der Waals surface area contributed by atoms with E-state index in [1.165, 1.54) is 12.1 Å². The van der Waals surface area contributed by atoms with Crippen LogP contribution in [-0.4, -0.2) is 26.4 Å². The van der Waals surface area contributed by atoms with Crippen LogP contribution in [0.25, 0.3) is 11.1 Å². The number of aromatic nitrogens is 3. The summed E-state index contributed by atoms with van der Waals surface area (Å²) in [6.07, 6.45) is 4.11. The maximum Gasteiger partial charge on any atom is 0.295 e. The van der Waals surface area contributed by atoms with E-state index in [9.17, 15) is 10.1 Å². The summed E-state index contributed by atoms with van der Waals surface area (Å²) in [7, 11) is 0. The van der Waals surface area contributed by atoms with Gasteiger partial charge in [-0.15, -0.1) is 0 Å². The van der Waals surface area contributed by atoms with E-state index in [4.69, 9.17) is 4.42 Å². The molecule has 8 nitrogen and oxygen atoms in total. The van der Waals surface area contributed by atoms with Crippen molar-refractivity contribution < 1.29 is 9.34 Å². The number of fused-ring (bicyclic) bond motifs is 1. The van der Waals surface area contributed by atoms with Crippen LogP contribution >= 0.6 is 0 Å². The van der Waals surface area contributed by atoms with Crippen molar-refractivity contribution in [3.63, 3.8) is 0 Å². The molecule has 2 heterocycles. The highest BCUT2D eigenvalue weighted by Crippen LogP contribution is 2.23. The molecule has 8 heteroatoms. The summed E-state index contributed by atoms with van der Waals surface area (Å²) in [5.41, 5.74) is 1.96. The molecule has 1 aromatic carbocycles. The Labute approximate surface area is 113 Å². The number of hydrogen-bond acceptors (Lipinski definition) is 6. The van der Waals surface area contributed by atoms with Crippen LogP contribution in [0.2, 0.25) is 0 Å². The molecule has 0 unspecified atom stereocenters. The maximum atomic E-state index is 10.7. The molecule has 0 fully saturated rings. The number of nitrogens with zero attached hydrogens (tertiary/aromatic N) is 3. The molecule has 0 atom stereocenters. The third kappa shape index (κ3) is 2.44. The molecule has 3 aromatic rings. The Morgan fingerprint density at radius 2 is 2.35 bits per heavy atom. The van der Waals surface area contributed by atoms with Gasteiger partial charge in [-0.1, -0.05) is 0 Å². The standard InChI is InChI=1S/C12H11N5O3/c18-17(19)9-1-2-10-11(5-9)20-12(16-10)14-4-3-8-6-13-7-15-8/h1-2,5-7H,3-4H2,(H,13,15)(H,14,16). The molecule has 0 spiro atoms. The predicted octanol–water partition coefficient (Wildman–Crippen LogP) is 2.11. The van der Waals surface area contributed by atoms with E-state index in [1.54, 1.807) is 18.6 Å². The number of nitro groups is 1. The molecule has 0 bridgehead atoms. The van der Waals surface area contributed by atoms with Crippen LogP contribution in [0.1, 0.15) is 5.69 Å². The fraction of sp³-hybridized carbons (Fsp3) is 0.167. The van der Waals surface area contributed by atoms with Crippen LogP contribution in [0.15, 0.2) is 35.1 Å². The Morgan fingerprint density at radius 3 is 3.10 bits per heavy atom. The predicted molar refractivity (Wildman–Crippen MR) is 71.4 cm³/mol. The summed E-state index contributed by atoms with van der Waals surface area (Å²) in [6.45, 7) is 0.622. The first-order valence-corrected chi connectivity index (χ1v) is 5.98. The topological polar surface area (TPSA) is 110 Å². The molecular formula is C12H11N5O3. The lowest BCUT2D eigenvalue weighted by molar-refractivity contribution is -0.384. The van der Waals surface area contributed by atoms with Crippen molar-refractivity contribution in [2.75, 3.05) is 11.9 Å². The molecule has 3 rings (SSSR count). The number of non-ortho nitro benzene ring substituents is 1. The third-order valence-corrected chi connectivity index (χ3v) is 2.81. The smallest absolute Gasteiger partial charge is 0.295 e. The second-order valence-electron chi connectivity index (χ2n) is 4.18.